The summed E-state index contributed by atoms with van der Waals surface area (Å²) < 4.78 is 5.03. The molecule has 1 aromatic carbocycles. The summed E-state index contributed by atoms with van der Waals surface area (Å²) >= 11 is 1.42. The number of aryl methyl sites for hydroxylation is 2. The zero-order chi connectivity index (χ0) is 18.2. The zero-order valence-corrected chi connectivity index (χ0v) is 15.9. The lowest BCUT2D eigenvalue weighted by atomic mass is 10.0. The number of esters is 1. The minimum atomic E-state index is -0.223. The number of benzene rings is 1. The number of hydrogen-bond acceptors (Lipinski definition) is 6. The highest BCUT2D eigenvalue weighted by molar-refractivity contribution is 7.99. The van der Waals surface area contributed by atoms with Crippen molar-refractivity contribution >= 4 is 23.4 Å². The molecule has 0 aliphatic rings. The first-order valence-electron chi connectivity index (χ1n) is 8.52. The Kier molecular flexibility index (Phi) is 7.25. The maximum Gasteiger partial charge on any atom is 0.316 e. The Balaban J connectivity index is 2.31. The number of aromatic nitrogens is 2. The summed E-state index contributed by atoms with van der Waals surface area (Å²) in [5.74, 6) is 0.764. The second kappa shape index (κ2) is 9.42. The van der Waals surface area contributed by atoms with Crippen LogP contribution in [0.25, 0.3) is 0 Å². The maximum atomic E-state index is 11.7. The van der Waals surface area contributed by atoms with Gasteiger partial charge >= 0.3 is 5.97 Å². The van der Waals surface area contributed by atoms with E-state index in [0.29, 0.717) is 6.61 Å². The van der Waals surface area contributed by atoms with Crippen molar-refractivity contribution < 1.29 is 9.53 Å². The summed E-state index contributed by atoms with van der Waals surface area (Å²) in [7, 11) is 0. The predicted octanol–water partition coefficient (Wildman–Crippen LogP) is 3.57. The molecule has 134 valence electrons. The number of anilines is 1. The number of hydrogen-bond donors (Lipinski definition) is 1. The molecule has 0 unspecified atom stereocenters. The van der Waals surface area contributed by atoms with Crippen molar-refractivity contribution in [2.75, 3.05) is 18.1 Å². The highest BCUT2D eigenvalue weighted by Gasteiger charge is 2.15. The molecule has 0 atom stereocenters. The van der Waals surface area contributed by atoms with Gasteiger partial charge in [-0.15, -0.1) is 0 Å². The number of carbonyl (C=O) groups is 1. The van der Waals surface area contributed by atoms with Crippen molar-refractivity contribution in [1.29, 1.82) is 0 Å². The van der Waals surface area contributed by atoms with E-state index in [2.05, 4.69) is 16.9 Å². The van der Waals surface area contributed by atoms with Crippen LogP contribution in [0.15, 0.2) is 29.3 Å². The standard InChI is InChI=1S/C19H25N3O2S/c1-4-6-17-16(11-14-7-9-15(20)10-8-14)19(22-13(3)21-17)25-12-18(23)24-5-2/h7-10H,4-6,11-12,20H2,1-3H3. The average Bonchev–Trinajstić information content (AvgIpc) is 2.58. The molecule has 1 heterocycles. The molecule has 1 aromatic heterocycles. The molecule has 0 fully saturated rings. The molecule has 0 saturated carbocycles. The molecule has 0 saturated heterocycles. The lowest BCUT2D eigenvalue weighted by molar-refractivity contribution is -0.139. The summed E-state index contributed by atoms with van der Waals surface area (Å²) in [4.78, 5) is 20.9. The molecule has 5 nitrogen and oxygen atoms in total. The van der Waals surface area contributed by atoms with Gasteiger partial charge in [-0.1, -0.05) is 37.2 Å². The first-order valence-corrected chi connectivity index (χ1v) is 9.51. The summed E-state index contributed by atoms with van der Waals surface area (Å²) in [5, 5.41) is 0.862. The molecule has 0 radical (unpaired) electrons. The zero-order valence-electron chi connectivity index (χ0n) is 15.0. The molecular weight excluding hydrogens is 334 g/mol. The number of nitrogen functional groups attached to an aromatic ring is 1. The third kappa shape index (κ3) is 5.74. The van der Waals surface area contributed by atoms with Crippen LogP contribution in [0, 0.1) is 6.92 Å². The summed E-state index contributed by atoms with van der Waals surface area (Å²) in [6.07, 6.45) is 2.62. The van der Waals surface area contributed by atoms with E-state index >= 15 is 0 Å². The van der Waals surface area contributed by atoms with Gasteiger partial charge in [0, 0.05) is 23.4 Å². The van der Waals surface area contributed by atoms with Gasteiger partial charge in [-0.3, -0.25) is 4.79 Å². The molecule has 25 heavy (non-hydrogen) atoms. The molecule has 0 spiro atoms. The van der Waals surface area contributed by atoms with E-state index in [1.54, 1.807) is 0 Å². The van der Waals surface area contributed by atoms with E-state index in [0.717, 1.165) is 52.6 Å². The van der Waals surface area contributed by atoms with Crippen LogP contribution in [0.3, 0.4) is 0 Å². The van der Waals surface area contributed by atoms with Crippen LogP contribution in [0.2, 0.25) is 0 Å². The minimum absolute atomic E-state index is 0.223. The second-order valence-electron chi connectivity index (χ2n) is 5.76. The van der Waals surface area contributed by atoms with Crippen molar-refractivity contribution in [3.05, 3.63) is 46.9 Å². The SMILES string of the molecule is CCCc1nc(C)nc(SCC(=O)OCC)c1Cc1ccc(N)cc1. The van der Waals surface area contributed by atoms with Crippen LogP contribution in [0.4, 0.5) is 5.69 Å². The lowest BCUT2D eigenvalue weighted by Crippen LogP contribution is -2.10. The van der Waals surface area contributed by atoms with Gasteiger partial charge in [0.05, 0.1) is 12.4 Å². The van der Waals surface area contributed by atoms with Gasteiger partial charge in [-0.05, 0) is 38.0 Å². The highest BCUT2D eigenvalue weighted by Crippen LogP contribution is 2.27. The molecule has 0 bridgehead atoms. The third-order valence-corrected chi connectivity index (χ3v) is 4.64. The smallest absolute Gasteiger partial charge is 0.316 e. The number of rotatable bonds is 8. The Morgan fingerprint density at radius 1 is 1.20 bits per heavy atom. The summed E-state index contributed by atoms with van der Waals surface area (Å²) in [6, 6.07) is 7.83. The maximum absolute atomic E-state index is 11.7. The van der Waals surface area contributed by atoms with Crippen LogP contribution in [-0.2, 0) is 22.4 Å². The van der Waals surface area contributed by atoms with E-state index in [-0.39, 0.29) is 11.7 Å². The second-order valence-corrected chi connectivity index (χ2v) is 6.73. The van der Waals surface area contributed by atoms with E-state index < -0.39 is 0 Å². The molecule has 2 N–H and O–H groups in total. The van der Waals surface area contributed by atoms with Gasteiger partial charge in [0.2, 0.25) is 0 Å². The first kappa shape index (κ1) is 19.2. The molecule has 6 heteroatoms. The largest absolute Gasteiger partial charge is 0.465 e. The van der Waals surface area contributed by atoms with Crippen LogP contribution >= 0.6 is 11.8 Å². The van der Waals surface area contributed by atoms with Crippen LogP contribution < -0.4 is 5.73 Å². The summed E-state index contributed by atoms with van der Waals surface area (Å²) in [5.41, 5.74) is 9.81. The van der Waals surface area contributed by atoms with E-state index in [1.165, 1.54) is 11.8 Å². The minimum Gasteiger partial charge on any atom is -0.465 e. The number of nitrogens with zero attached hydrogens (tertiary/aromatic N) is 2. The van der Waals surface area contributed by atoms with Crippen molar-refractivity contribution in [3.63, 3.8) is 0 Å². The molecule has 0 aliphatic carbocycles. The van der Waals surface area contributed by atoms with Crippen molar-refractivity contribution in [1.82, 2.24) is 9.97 Å². The monoisotopic (exact) mass is 359 g/mol. The number of carbonyl (C=O) groups excluding carboxylic acids is 1. The number of thioether (sulfide) groups is 1. The fourth-order valence-electron chi connectivity index (χ4n) is 2.54. The quantitative estimate of drug-likeness (QED) is 0.336. The normalized spacial score (nSPS) is 10.7. The molecular formula is C19H25N3O2S. The van der Waals surface area contributed by atoms with Gasteiger partial charge in [0.1, 0.15) is 10.9 Å². The molecule has 2 aromatic rings. The van der Waals surface area contributed by atoms with Gasteiger partial charge in [0.25, 0.3) is 0 Å². The van der Waals surface area contributed by atoms with Crippen molar-refractivity contribution in [3.8, 4) is 0 Å². The van der Waals surface area contributed by atoms with Gasteiger partial charge in [-0.2, -0.15) is 0 Å². The van der Waals surface area contributed by atoms with Crippen LogP contribution in [-0.4, -0.2) is 28.3 Å². The lowest BCUT2D eigenvalue weighted by Gasteiger charge is -2.14. The van der Waals surface area contributed by atoms with Gasteiger partial charge in [-0.25, -0.2) is 9.97 Å². The topological polar surface area (TPSA) is 78.1 Å². The Bertz CT molecular complexity index is 717. The Morgan fingerprint density at radius 2 is 1.92 bits per heavy atom. The van der Waals surface area contributed by atoms with Crippen molar-refractivity contribution in [2.45, 2.75) is 45.1 Å². The van der Waals surface area contributed by atoms with Crippen LogP contribution in [0.1, 0.15) is 42.9 Å². The molecule has 0 amide bonds. The fourth-order valence-corrected chi connectivity index (χ4v) is 3.43. The van der Waals surface area contributed by atoms with Gasteiger partial charge < -0.3 is 10.5 Å². The Labute approximate surface area is 153 Å². The molecule has 0 aliphatic heterocycles. The number of ether oxygens (including phenoxy) is 1. The summed E-state index contributed by atoms with van der Waals surface area (Å²) in [6.45, 7) is 6.22. The first-order chi connectivity index (χ1) is 12.0. The average molecular weight is 359 g/mol. The van der Waals surface area contributed by atoms with Gasteiger partial charge in [0.15, 0.2) is 0 Å². The van der Waals surface area contributed by atoms with Crippen LogP contribution in [0.5, 0.6) is 0 Å². The fraction of sp³-hybridized carbons (Fsp3) is 0.421. The Hall–Kier alpha value is -2.08. The van der Waals surface area contributed by atoms with E-state index in [9.17, 15) is 4.79 Å². The third-order valence-electron chi connectivity index (χ3n) is 3.65. The predicted molar refractivity (Wildman–Crippen MR) is 102 cm³/mol. The molecule has 2 rings (SSSR count). The van der Waals surface area contributed by atoms with E-state index in [4.69, 9.17) is 10.5 Å². The Morgan fingerprint density at radius 3 is 2.56 bits per heavy atom. The van der Waals surface area contributed by atoms with Crippen molar-refractivity contribution in [2.24, 2.45) is 0 Å². The van der Waals surface area contributed by atoms with E-state index in [1.807, 2.05) is 38.1 Å². The number of nitrogens with two attached hydrogens (primary N) is 1. The highest BCUT2D eigenvalue weighted by atomic mass is 32.2.